The summed E-state index contributed by atoms with van der Waals surface area (Å²) in [5, 5.41) is 3.95. The molecule has 0 fully saturated rings. The summed E-state index contributed by atoms with van der Waals surface area (Å²) in [5.41, 5.74) is 10.6. The summed E-state index contributed by atoms with van der Waals surface area (Å²) in [4.78, 5) is 0. The molecule has 20 heavy (non-hydrogen) atoms. The van der Waals surface area contributed by atoms with E-state index in [1.807, 2.05) is 26.0 Å². The van der Waals surface area contributed by atoms with Crippen LogP contribution in [0.5, 0.6) is 5.75 Å². The summed E-state index contributed by atoms with van der Waals surface area (Å²) < 4.78 is 11.2. The Bertz CT molecular complexity index is 599. The molecule has 106 valence electrons. The molecule has 2 N–H and O–H groups in total. The standard InChI is InChI=1S/C16H20N2O2/c1-10-14(11(2)20-18-10)9-19-16-8-4-5-12-13(16)6-3-7-15(12)17/h4-5,8,15H,3,6-7,9,17H2,1-2H3. The molecule has 1 aliphatic rings. The summed E-state index contributed by atoms with van der Waals surface area (Å²) >= 11 is 0. The molecule has 0 saturated heterocycles. The second kappa shape index (κ2) is 5.29. The number of hydrogen-bond acceptors (Lipinski definition) is 4. The number of fused-ring (bicyclic) bond motifs is 1. The zero-order valence-electron chi connectivity index (χ0n) is 12.0. The molecule has 1 aliphatic carbocycles. The Morgan fingerprint density at radius 2 is 2.25 bits per heavy atom. The molecular weight excluding hydrogens is 252 g/mol. The predicted molar refractivity (Wildman–Crippen MR) is 76.6 cm³/mol. The second-order valence-electron chi connectivity index (χ2n) is 5.41. The topological polar surface area (TPSA) is 61.3 Å². The van der Waals surface area contributed by atoms with Gasteiger partial charge in [0.25, 0.3) is 0 Å². The van der Waals surface area contributed by atoms with Crippen molar-refractivity contribution in [2.75, 3.05) is 0 Å². The fraction of sp³-hybridized carbons (Fsp3) is 0.438. The molecule has 0 saturated carbocycles. The molecule has 0 radical (unpaired) electrons. The number of aromatic nitrogens is 1. The Kier molecular flexibility index (Phi) is 3.49. The first-order chi connectivity index (χ1) is 9.66. The third kappa shape index (κ3) is 2.31. The normalized spacial score (nSPS) is 17.9. The fourth-order valence-corrected chi connectivity index (χ4v) is 2.84. The highest BCUT2D eigenvalue weighted by molar-refractivity contribution is 5.43. The lowest BCUT2D eigenvalue weighted by atomic mass is 9.87. The summed E-state index contributed by atoms with van der Waals surface area (Å²) in [5.74, 6) is 1.77. The van der Waals surface area contributed by atoms with Gasteiger partial charge in [0, 0.05) is 6.04 Å². The quantitative estimate of drug-likeness (QED) is 0.932. The summed E-state index contributed by atoms with van der Waals surface area (Å²) in [6.45, 7) is 4.34. The SMILES string of the molecule is Cc1noc(C)c1COc1cccc2c1CCCC2N. The van der Waals surface area contributed by atoms with Gasteiger partial charge < -0.3 is 15.0 Å². The van der Waals surface area contributed by atoms with E-state index in [1.165, 1.54) is 11.1 Å². The molecule has 1 atom stereocenters. The highest BCUT2D eigenvalue weighted by Crippen LogP contribution is 2.34. The van der Waals surface area contributed by atoms with Gasteiger partial charge in [-0.05, 0) is 50.3 Å². The Hall–Kier alpha value is -1.81. The Balaban J connectivity index is 1.83. The van der Waals surface area contributed by atoms with Crippen LogP contribution in [-0.4, -0.2) is 5.16 Å². The minimum absolute atomic E-state index is 0.140. The maximum absolute atomic E-state index is 6.17. The molecular formula is C16H20N2O2. The lowest BCUT2D eigenvalue weighted by Crippen LogP contribution is -2.18. The Labute approximate surface area is 118 Å². The van der Waals surface area contributed by atoms with Crippen LogP contribution in [-0.2, 0) is 13.0 Å². The molecule has 0 spiro atoms. The zero-order valence-corrected chi connectivity index (χ0v) is 12.0. The van der Waals surface area contributed by atoms with Crippen molar-refractivity contribution in [3.8, 4) is 5.75 Å². The average Bonchev–Trinajstić information content (AvgIpc) is 2.76. The van der Waals surface area contributed by atoms with Crippen molar-refractivity contribution >= 4 is 0 Å². The van der Waals surface area contributed by atoms with Gasteiger partial charge in [-0.15, -0.1) is 0 Å². The molecule has 4 nitrogen and oxygen atoms in total. The molecule has 2 aromatic rings. The average molecular weight is 272 g/mol. The highest BCUT2D eigenvalue weighted by Gasteiger charge is 2.20. The molecule has 1 aromatic heterocycles. The minimum Gasteiger partial charge on any atom is -0.488 e. The number of hydrogen-bond donors (Lipinski definition) is 1. The van der Waals surface area contributed by atoms with E-state index in [-0.39, 0.29) is 6.04 Å². The van der Waals surface area contributed by atoms with Gasteiger partial charge in [0.1, 0.15) is 18.1 Å². The van der Waals surface area contributed by atoms with E-state index < -0.39 is 0 Å². The number of ether oxygens (including phenoxy) is 1. The lowest BCUT2D eigenvalue weighted by molar-refractivity contribution is 0.296. The molecule has 0 aliphatic heterocycles. The minimum atomic E-state index is 0.140. The lowest BCUT2D eigenvalue weighted by Gasteiger charge is -2.24. The van der Waals surface area contributed by atoms with E-state index in [1.54, 1.807) is 0 Å². The van der Waals surface area contributed by atoms with Gasteiger partial charge in [0.15, 0.2) is 0 Å². The zero-order chi connectivity index (χ0) is 14.1. The third-order valence-electron chi connectivity index (χ3n) is 4.06. The largest absolute Gasteiger partial charge is 0.488 e. The van der Waals surface area contributed by atoms with Gasteiger partial charge in [-0.3, -0.25) is 0 Å². The summed E-state index contributed by atoms with van der Waals surface area (Å²) in [6, 6.07) is 6.30. The second-order valence-corrected chi connectivity index (χ2v) is 5.41. The van der Waals surface area contributed by atoms with Crippen molar-refractivity contribution in [2.45, 2.75) is 45.8 Å². The number of aryl methyl sites for hydroxylation is 2. The van der Waals surface area contributed by atoms with E-state index >= 15 is 0 Å². The fourth-order valence-electron chi connectivity index (χ4n) is 2.84. The molecule has 1 aromatic carbocycles. The molecule has 1 unspecified atom stereocenters. The van der Waals surface area contributed by atoms with Gasteiger partial charge in [0.2, 0.25) is 0 Å². The van der Waals surface area contributed by atoms with Crippen LogP contribution in [0.4, 0.5) is 0 Å². The van der Waals surface area contributed by atoms with Gasteiger partial charge in [0.05, 0.1) is 11.3 Å². The van der Waals surface area contributed by atoms with Crippen LogP contribution in [0.1, 0.15) is 47.0 Å². The van der Waals surface area contributed by atoms with Crippen molar-refractivity contribution in [2.24, 2.45) is 5.73 Å². The van der Waals surface area contributed by atoms with Crippen molar-refractivity contribution in [1.29, 1.82) is 0 Å². The van der Waals surface area contributed by atoms with Crippen LogP contribution in [0.25, 0.3) is 0 Å². The van der Waals surface area contributed by atoms with Crippen molar-refractivity contribution in [1.82, 2.24) is 5.16 Å². The molecule has 3 rings (SSSR count). The van der Waals surface area contributed by atoms with Gasteiger partial charge in [-0.1, -0.05) is 17.3 Å². The first-order valence-electron chi connectivity index (χ1n) is 7.08. The van der Waals surface area contributed by atoms with Crippen LogP contribution in [0.2, 0.25) is 0 Å². The van der Waals surface area contributed by atoms with Crippen LogP contribution in [0, 0.1) is 13.8 Å². The van der Waals surface area contributed by atoms with Gasteiger partial charge in [-0.25, -0.2) is 0 Å². The Morgan fingerprint density at radius 1 is 1.40 bits per heavy atom. The number of nitrogens with two attached hydrogens (primary N) is 1. The van der Waals surface area contributed by atoms with Crippen LogP contribution in [0.3, 0.4) is 0 Å². The van der Waals surface area contributed by atoms with E-state index in [0.29, 0.717) is 6.61 Å². The highest BCUT2D eigenvalue weighted by atomic mass is 16.5. The van der Waals surface area contributed by atoms with E-state index in [0.717, 1.165) is 42.0 Å². The maximum atomic E-state index is 6.17. The summed E-state index contributed by atoms with van der Waals surface area (Å²) in [6.07, 6.45) is 3.22. The van der Waals surface area contributed by atoms with Crippen molar-refractivity contribution in [3.05, 3.63) is 46.3 Å². The number of nitrogens with zero attached hydrogens (tertiary/aromatic N) is 1. The van der Waals surface area contributed by atoms with E-state index in [2.05, 4.69) is 11.2 Å². The third-order valence-corrected chi connectivity index (χ3v) is 4.06. The Morgan fingerprint density at radius 3 is 3.00 bits per heavy atom. The number of benzene rings is 1. The summed E-state index contributed by atoms with van der Waals surface area (Å²) in [7, 11) is 0. The van der Waals surface area contributed by atoms with Gasteiger partial charge in [-0.2, -0.15) is 0 Å². The first-order valence-corrected chi connectivity index (χ1v) is 7.08. The smallest absolute Gasteiger partial charge is 0.140 e. The maximum Gasteiger partial charge on any atom is 0.140 e. The van der Waals surface area contributed by atoms with Crippen molar-refractivity contribution in [3.63, 3.8) is 0 Å². The van der Waals surface area contributed by atoms with Crippen LogP contribution in [0.15, 0.2) is 22.7 Å². The van der Waals surface area contributed by atoms with Crippen LogP contribution >= 0.6 is 0 Å². The van der Waals surface area contributed by atoms with E-state index in [4.69, 9.17) is 15.0 Å². The van der Waals surface area contributed by atoms with Crippen LogP contribution < -0.4 is 10.5 Å². The first kappa shape index (κ1) is 13.2. The molecule has 0 amide bonds. The molecule has 0 bridgehead atoms. The van der Waals surface area contributed by atoms with E-state index in [9.17, 15) is 0 Å². The predicted octanol–water partition coefficient (Wildman–Crippen LogP) is 3.21. The van der Waals surface area contributed by atoms with Crippen molar-refractivity contribution < 1.29 is 9.26 Å². The molecule has 1 heterocycles. The monoisotopic (exact) mass is 272 g/mol. The van der Waals surface area contributed by atoms with Gasteiger partial charge >= 0.3 is 0 Å². The molecule has 4 heteroatoms. The number of rotatable bonds is 3.